The van der Waals surface area contributed by atoms with E-state index in [0.717, 1.165) is 52.3 Å². The number of nitrogens with zero attached hydrogens (tertiary/aromatic N) is 2. The first-order valence-corrected chi connectivity index (χ1v) is 8.06. The highest BCUT2D eigenvalue weighted by Gasteiger charge is 2.21. The Balaban J connectivity index is 2.10. The van der Waals surface area contributed by atoms with E-state index >= 15 is 0 Å². The van der Waals surface area contributed by atoms with Crippen molar-refractivity contribution in [2.75, 3.05) is 24.6 Å². The van der Waals surface area contributed by atoms with Crippen LogP contribution in [0.3, 0.4) is 0 Å². The van der Waals surface area contributed by atoms with E-state index in [1.807, 2.05) is 54.8 Å². The van der Waals surface area contributed by atoms with Gasteiger partial charge in [0.25, 0.3) is 5.91 Å². The zero-order valence-corrected chi connectivity index (χ0v) is 12.7. The number of aryl methyl sites for hydroxylation is 2. The van der Waals surface area contributed by atoms with Crippen LogP contribution in [0.4, 0.5) is 0 Å². The lowest BCUT2D eigenvalue weighted by Gasteiger charge is -2.27. The second kappa shape index (κ2) is 5.44. The van der Waals surface area contributed by atoms with E-state index in [0.29, 0.717) is 0 Å². The highest BCUT2D eigenvalue weighted by atomic mass is 32.2. The number of thioether (sulfide) groups is 1. The average Bonchev–Trinajstić information content (AvgIpc) is 2.48. The number of carbonyl (C=O) groups is 1. The van der Waals surface area contributed by atoms with Crippen molar-refractivity contribution in [2.45, 2.75) is 13.8 Å². The summed E-state index contributed by atoms with van der Waals surface area (Å²) in [6.07, 6.45) is 0. The van der Waals surface area contributed by atoms with E-state index in [2.05, 4.69) is 4.98 Å². The molecule has 1 aromatic heterocycles. The maximum atomic E-state index is 12.8. The Morgan fingerprint density at radius 1 is 1.25 bits per heavy atom. The molecule has 20 heavy (non-hydrogen) atoms. The van der Waals surface area contributed by atoms with E-state index in [-0.39, 0.29) is 5.91 Å². The van der Waals surface area contributed by atoms with Crippen molar-refractivity contribution in [1.82, 2.24) is 9.88 Å². The van der Waals surface area contributed by atoms with Gasteiger partial charge in [-0.25, -0.2) is 0 Å². The lowest BCUT2D eigenvalue weighted by molar-refractivity contribution is 0.0774. The third-order valence-electron chi connectivity index (χ3n) is 3.70. The Morgan fingerprint density at radius 2 is 2.00 bits per heavy atom. The summed E-state index contributed by atoms with van der Waals surface area (Å²) in [5.74, 6) is 2.21. The molecule has 3 nitrogen and oxygen atoms in total. The second-order valence-corrected chi connectivity index (χ2v) is 6.41. The Kier molecular flexibility index (Phi) is 3.66. The number of rotatable bonds is 1. The van der Waals surface area contributed by atoms with Crippen LogP contribution >= 0.6 is 11.8 Å². The first-order chi connectivity index (χ1) is 9.66. The first kappa shape index (κ1) is 13.4. The van der Waals surface area contributed by atoms with E-state index in [1.54, 1.807) is 0 Å². The SMILES string of the molecule is Cc1cc(C(=O)N2CCSCC2)c2cccc(C)c2n1. The Hall–Kier alpha value is -1.55. The van der Waals surface area contributed by atoms with Crippen LogP contribution in [0.25, 0.3) is 10.9 Å². The van der Waals surface area contributed by atoms with Gasteiger partial charge in [-0.15, -0.1) is 0 Å². The van der Waals surface area contributed by atoms with Gasteiger partial charge in [-0.2, -0.15) is 11.8 Å². The van der Waals surface area contributed by atoms with Gasteiger partial charge in [0.15, 0.2) is 0 Å². The Bertz CT molecular complexity index is 663. The lowest BCUT2D eigenvalue weighted by atomic mass is 10.0. The molecular weight excluding hydrogens is 268 g/mol. The number of aromatic nitrogens is 1. The molecule has 0 unspecified atom stereocenters. The Morgan fingerprint density at radius 3 is 2.75 bits per heavy atom. The molecule has 0 saturated carbocycles. The van der Waals surface area contributed by atoms with Gasteiger partial charge in [0.1, 0.15) is 0 Å². The molecule has 0 atom stereocenters. The van der Waals surface area contributed by atoms with Crippen LogP contribution in [0.2, 0.25) is 0 Å². The molecule has 0 spiro atoms. The summed E-state index contributed by atoms with van der Waals surface area (Å²) in [5.41, 5.74) is 3.77. The molecule has 1 amide bonds. The number of para-hydroxylation sites is 1. The minimum absolute atomic E-state index is 0.145. The second-order valence-electron chi connectivity index (χ2n) is 5.19. The third-order valence-corrected chi connectivity index (χ3v) is 4.64. The largest absolute Gasteiger partial charge is 0.337 e. The third kappa shape index (κ3) is 2.40. The molecule has 0 aliphatic carbocycles. The summed E-state index contributed by atoms with van der Waals surface area (Å²) in [6.45, 7) is 5.69. The van der Waals surface area contributed by atoms with Crippen molar-refractivity contribution in [3.63, 3.8) is 0 Å². The summed E-state index contributed by atoms with van der Waals surface area (Å²) in [5, 5.41) is 0.971. The van der Waals surface area contributed by atoms with Crippen molar-refractivity contribution in [3.05, 3.63) is 41.1 Å². The summed E-state index contributed by atoms with van der Waals surface area (Å²) in [6, 6.07) is 7.96. The minimum atomic E-state index is 0.145. The molecule has 104 valence electrons. The van der Waals surface area contributed by atoms with Gasteiger partial charge in [0.2, 0.25) is 0 Å². The number of pyridine rings is 1. The van der Waals surface area contributed by atoms with Crippen LogP contribution in [-0.2, 0) is 0 Å². The number of fused-ring (bicyclic) bond motifs is 1. The molecule has 2 heterocycles. The smallest absolute Gasteiger partial charge is 0.254 e. The van der Waals surface area contributed by atoms with Crippen molar-refractivity contribution >= 4 is 28.6 Å². The number of amides is 1. The molecule has 2 aromatic rings. The fourth-order valence-corrected chi connectivity index (χ4v) is 3.54. The highest BCUT2D eigenvalue weighted by molar-refractivity contribution is 7.99. The summed E-state index contributed by atoms with van der Waals surface area (Å²) < 4.78 is 0. The fourth-order valence-electron chi connectivity index (χ4n) is 2.63. The van der Waals surface area contributed by atoms with Crippen molar-refractivity contribution in [3.8, 4) is 0 Å². The van der Waals surface area contributed by atoms with Crippen molar-refractivity contribution < 1.29 is 4.79 Å². The molecule has 4 heteroatoms. The predicted octanol–water partition coefficient (Wildman–Crippen LogP) is 3.04. The molecule has 1 saturated heterocycles. The molecule has 1 aliphatic rings. The van der Waals surface area contributed by atoms with E-state index in [9.17, 15) is 4.79 Å². The number of benzene rings is 1. The maximum Gasteiger partial charge on any atom is 0.254 e. The van der Waals surface area contributed by atoms with Crippen molar-refractivity contribution in [2.24, 2.45) is 0 Å². The zero-order valence-electron chi connectivity index (χ0n) is 11.8. The monoisotopic (exact) mass is 286 g/mol. The average molecular weight is 286 g/mol. The molecule has 0 radical (unpaired) electrons. The van der Waals surface area contributed by atoms with Gasteiger partial charge in [-0.05, 0) is 25.5 Å². The Labute approximate surface area is 123 Å². The number of carbonyl (C=O) groups excluding carboxylic acids is 1. The normalized spacial score (nSPS) is 15.6. The topological polar surface area (TPSA) is 33.2 Å². The van der Waals surface area contributed by atoms with Gasteiger partial charge in [0.05, 0.1) is 11.1 Å². The number of hydrogen-bond donors (Lipinski definition) is 0. The standard InChI is InChI=1S/C16H18N2OS/c1-11-4-3-5-13-14(10-12(2)17-15(11)13)16(19)18-6-8-20-9-7-18/h3-5,10H,6-9H2,1-2H3. The summed E-state index contributed by atoms with van der Waals surface area (Å²) in [4.78, 5) is 19.3. The van der Waals surface area contributed by atoms with Crippen molar-refractivity contribution in [1.29, 1.82) is 0 Å². The summed E-state index contributed by atoms with van der Waals surface area (Å²) in [7, 11) is 0. The first-order valence-electron chi connectivity index (χ1n) is 6.91. The molecule has 3 rings (SSSR count). The molecule has 0 bridgehead atoms. The van der Waals surface area contributed by atoms with Crippen LogP contribution < -0.4 is 0 Å². The van der Waals surface area contributed by atoms with Crippen LogP contribution in [0.15, 0.2) is 24.3 Å². The molecule has 1 aliphatic heterocycles. The van der Waals surface area contributed by atoms with Crippen LogP contribution in [-0.4, -0.2) is 40.4 Å². The van der Waals surface area contributed by atoms with Gasteiger partial charge >= 0.3 is 0 Å². The summed E-state index contributed by atoms with van der Waals surface area (Å²) >= 11 is 1.91. The van der Waals surface area contributed by atoms with Crippen LogP contribution in [0.1, 0.15) is 21.6 Å². The van der Waals surface area contributed by atoms with Crippen LogP contribution in [0.5, 0.6) is 0 Å². The minimum Gasteiger partial charge on any atom is -0.337 e. The zero-order chi connectivity index (χ0) is 14.1. The van der Waals surface area contributed by atoms with E-state index in [4.69, 9.17) is 0 Å². The van der Waals surface area contributed by atoms with Gasteiger partial charge in [-0.3, -0.25) is 9.78 Å². The van der Waals surface area contributed by atoms with E-state index in [1.165, 1.54) is 0 Å². The number of hydrogen-bond acceptors (Lipinski definition) is 3. The maximum absolute atomic E-state index is 12.8. The molecule has 1 fully saturated rings. The molecular formula is C16H18N2OS. The molecule has 0 N–H and O–H groups in total. The predicted molar refractivity (Wildman–Crippen MR) is 84.4 cm³/mol. The van der Waals surface area contributed by atoms with E-state index < -0.39 is 0 Å². The quantitative estimate of drug-likeness (QED) is 0.808. The van der Waals surface area contributed by atoms with Gasteiger partial charge < -0.3 is 4.90 Å². The van der Waals surface area contributed by atoms with Crippen LogP contribution in [0, 0.1) is 13.8 Å². The lowest BCUT2D eigenvalue weighted by Crippen LogP contribution is -2.38. The fraction of sp³-hybridized carbons (Fsp3) is 0.375. The molecule has 1 aromatic carbocycles. The van der Waals surface area contributed by atoms with Gasteiger partial charge in [0, 0.05) is 35.7 Å². The van der Waals surface area contributed by atoms with Gasteiger partial charge in [-0.1, -0.05) is 18.2 Å². The highest BCUT2D eigenvalue weighted by Crippen LogP contribution is 2.23.